The molecule has 4 nitrogen and oxygen atoms in total. The topological polar surface area (TPSA) is 55.8 Å². The SMILES string of the molecule is C=C(CO)C(=O)OCCCc1ccc(-c2ccc(OCCCC)cc2)cc1. The summed E-state index contributed by atoms with van der Waals surface area (Å²) < 4.78 is 10.7. The van der Waals surface area contributed by atoms with Gasteiger partial charge in [0.25, 0.3) is 0 Å². The van der Waals surface area contributed by atoms with Gasteiger partial charge >= 0.3 is 5.97 Å². The highest BCUT2D eigenvalue weighted by Crippen LogP contribution is 2.23. The van der Waals surface area contributed by atoms with E-state index in [1.54, 1.807) is 0 Å². The summed E-state index contributed by atoms with van der Waals surface area (Å²) in [4.78, 5) is 11.4. The minimum atomic E-state index is -0.532. The average Bonchev–Trinajstić information content (AvgIpc) is 2.71. The van der Waals surface area contributed by atoms with E-state index in [2.05, 4.69) is 49.9 Å². The Kier molecular flexibility index (Phi) is 8.59. The first-order chi connectivity index (χ1) is 13.1. The molecule has 0 saturated heterocycles. The molecule has 0 aliphatic heterocycles. The van der Waals surface area contributed by atoms with Crippen LogP contribution in [0.5, 0.6) is 5.75 Å². The lowest BCUT2D eigenvalue weighted by molar-refractivity contribution is -0.139. The zero-order valence-electron chi connectivity index (χ0n) is 15.9. The number of esters is 1. The van der Waals surface area contributed by atoms with Crippen molar-refractivity contribution in [1.29, 1.82) is 0 Å². The minimum absolute atomic E-state index is 0.0844. The summed E-state index contributed by atoms with van der Waals surface area (Å²) in [5.74, 6) is 0.372. The Morgan fingerprint density at radius 3 is 2.19 bits per heavy atom. The Morgan fingerprint density at radius 1 is 0.963 bits per heavy atom. The average molecular weight is 368 g/mol. The molecule has 0 amide bonds. The first kappa shape index (κ1) is 20.7. The highest BCUT2D eigenvalue weighted by Gasteiger charge is 2.06. The summed E-state index contributed by atoms with van der Waals surface area (Å²) >= 11 is 0. The predicted molar refractivity (Wildman–Crippen MR) is 108 cm³/mol. The second kappa shape index (κ2) is 11.2. The third-order valence-corrected chi connectivity index (χ3v) is 4.23. The number of benzene rings is 2. The van der Waals surface area contributed by atoms with Crippen LogP contribution in [0.15, 0.2) is 60.7 Å². The van der Waals surface area contributed by atoms with Crippen LogP contribution in [0.4, 0.5) is 0 Å². The van der Waals surface area contributed by atoms with Crippen LogP contribution in [0.2, 0.25) is 0 Å². The van der Waals surface area contributed by atoms with Crippen molar-refractivity contribution in [2.75, 3.05) is 19.8 Å². The van der Waals surface area contributed by atoms with Crippen LogP contribution < -0.4 is 4.74 Å². The monoisotopic (exact) mass is 368 g/mol. The van der Waals surface area contributed by atoms with E-state index in [1.807, 2.05) is 12.1 Å². The summed E-state index contributed by atoms with van der Waals surface area (Å²) in [6, 6.07) is 16.5. The van der Waals surface area contributed by atoms with Crippen LogP contribution in [-0.2, 0) is 16.0 Å². The lowest BCUT2D eigenvalue weighted by atomic mass is 10.0. The number of carbonyl (C=O) groups excluding carboxylic acids is 1. The van der Waals surface area contributed by atoms with E-state index in [0.717, 1.165) is 49.2 Å². The Labute approximate surface area is 161 Å². The predicted octanol–water partition coefficient (Wildman–Crippen LogP) is 4.56. The molecular formula is C23H28O4. The fourth-order valence-electron chi connectivity index (χ4n) is 2.55. The zero-order chi connectivity index (χ0) is 19.5. The van der Waals surface area contributed by atoms with Crippen molar-refractivity contribution >= 4 is 5.97 Å². The summed E-state index contributed by atoms with van der Waals surface area (Å²) in [5.41, 5.74) is 3.59. The zero-order valence-corrected chi connectivity index (χ0v) is 15.9. The molecule has 0 aliphatic carbocycles. The molecule has 0 spiro atoms. The van der Waals surface area contributed by atoms with Crippen molar-refractivity contribution in [1.82, 2.24) is 0 Å². The molecular weight excluding hydrogens is 340 g/mol. The molecule has 0 bridgehead atoms. The van der Waals surface area contributed by atoms with Gasteiger partial charge in [-0.15, -0.1) is 0 Å². The van der Waals surface area contributed by atoms with Crippen LogP contribution in [0.1, 0.15) is 31.7 Å². The van der Waals surface area contributed by atoms with Crippen LogP contribution >= 0.6 is 0 Å². The molecule has 0 radical (unpaired) electrons. The summed E-state index contributed by atoms with van der Waals surface area (Å²) in [7, 11) is 0. The second-order valence-corrected chi connectivity index (χ2v) is 6.42. The largest absolute Gasteiger partial charge is 0.494 e. The number of unbranched alkanes of at least 4 members (excludes halogenated alkanes) is 1. The van der Waals surface area contributed by atoms with E-state index in [1.165, 1.54) is 5.56 Å². The molecule has 0 aromatic heterocycles. The van der Waals surface area contributed by atoms with E-state index < -0.39 is 5.97 Å². The lowest BCUT2D eigenvalue weighted by Crippen LogP contribution is -2.11. The van der Waals surface area contributed by atoms with Gasteiger partial charge in [0.1, 0.15) is 5.75 Å². The van der Waals surface area contributed by atoms with Gasteiger partial charge in [-0.3, -0.25) is 0 Å². The number of carbonyl (C=O) groups is 1. The number of aliphatic hydroxyl groups is 1. The van der Waals surface area contributed by atoms with Crippen molar-refractivity contribution < 1.29 is 19.4 Å². The van der Waals surface area contributed by atoms with Crippen molar-refractivity contribution in [2.24, 2.45) is 0 Å². The summed E-state index contributed by atoms with van der Waals surface area (Å²) in [6.07, 6.45) is 3.75. The standard InChI is InChI=1S/C23H28O4/c1-3-4-15-26-22-13-11-21(12-14-22)20-9-7-19(8-10-20)6-5-16-27-23(25)18(2)17-24/h7-14,24H,2-6,15-17H2,1H3. The van der Waals surface area contributed by atoms with Gasteiger partial charge in [-0.1, -0.05) is 56.3 Å². The van der Waals surface area contributed by atoms with Crippen molar-refractivity contribution in [3.05, 3.63) is 66.2 Å². The van der Waals surface area contributed by atoms with Crippen LogP contribution in [0.3, 0.4) is 0 Å². The number of aryl methyl sites for hydroxylation is 1. The first-order valence-electron chi connectivity index (χ1n) is 9.42. The minimum Gasteiger partial charge on any atom is -0.494 e. The molecule has 0 heterocycles. The normalized spacial score (nSPS) is 10.4. The van der Waals surface area contributed by atoms with Crippen LogP contribution in [-0.4, -0.2) is 30.9 Å². The summed E-state index contributed by atoms with van der Waals surface area (Å²) in [6.45, 7) is 6.30. The Morgan fingerprint density at radius 2 is 1.59 bits per heavy atom. The molecule has 0 aliphatic rings. The van der Waals surface area contributed by atoms with Crippen LogP contribution in [0.25, 0.3) is 11.1 Å². The van der Waals surface area contributed by atoms with Crippen molar-refractivity contribution in [3.8, 4) is 16.9 Å². The van der Waals surface area contributed by atoms with Gasteiger partial charge in [0.15, 0.2) is 0 Å². The summed E-state index contributed by atoms with van der Waals surface area (Å²) in [5, 5.41) is 8.82. The Bertz CT molecular complexity index is 717. The fourth-order valence-corrected chi connectivity index (χ4v) is 2.55. The number of ether oxygens (including phenoxy) is 2. The Balaban J connectivity index is 1.80. The molecule has 2 rings (SSSR count). The van der Waals surface area contributed by atoms with E-state index in [-0.39, 0.29) is 12.2 Å². The highest BCUT2D eigenvalue weighted by atomic mass is 16.5. The van der Waals surface area contributed by atoms with E-state index >= 15 is 0 Å². The first-order valence-corrected chi connectivity index (χ1v) is 9.42. The molecule has 0 saturated carbocycles. The number of hydrogen-bond acceptors (Lipinski definition) is 4. The van der Waals surface area contributed by atoms with Gasteiger partial charge < -0.3 is 14.6 Å². The van der Waals surface area contributed by atoms with Gasteiger partial charge in [-0.2, -0.15) is 0 Å². The molecule has 27 heavy (non-hydrogen) atoms. The van der Waals surface area contributed by atoms with E-state index in [9.17, 15) is 4.79 Å². The molecule has 144 valence electrons. The molecule has 4 heteroatoms. The molecule has 2 aromatic carbocycles. The van der Waals surface area contributed by atoms with Crippen LogP contribution in [0, 0.1) is 0 Å². The smallest absolute Gasteiger partial charge is 0.335 e. The lowest BCUT2D eigenvalue weighted by Gasteiger charge is -2.08. The van der Waals surface area contributed by atoms with Gasteiger partial charge in [-0.25, -0.2) is 4.79 Å². The molecule has 1 N–H and O–H groups in total. The number of aliphatic hydroxyl groups excluding tert-OH is 1. The number of rotatable bonds is 11. The van der Waals surface area contributed by atoms with Gasteiger partial charge in [0, 0.05) is 0 Å². The third kappa shape index (κ3) is 6.91. The quantitative estimate of drug-likeness (QED) is 0.359. The van der Waals surface area contributed by atoms with Gasteiger partial charge in [-0.05, 0) is 48.1 Å². The second-order valence-electron chi connectivity index (χ2n) is 6.42. The highest BCUT2D eigenvalue weighted by molar-refractivity contribution is 5.87. The maximum absolute atomic E-state index is 11.4. The van der Waals surface area contributed by atoms with Crippen molar-refractivity contribution in [2.45, 2.75) is 32.6 Å². The van der Waals surface area contributed by atoms with Gasteiger partial charge in [0.2, 0.25) is 0 Å². The Hall–Kier alpha value is -2.59. The van der Waals surface area contributed by atoms with Gasteiger partial charge in [0.05, 0.1) is 25.4 Å². The third-order valence-electron chi connectivity index (χ3n) is 4.23. The molecule has 2 aromatic rings. The van der Waals surface area contributed by atoms with Crippen molar-refractivity contribution in [3.63, 3.8) is 0 Å². The fraction of sp³-hybridized carbons (Fsp3) is 0.348. The van der Waals surface area contributed by atoms with E-state index in [0.29, 0.717) is 6.61 Å². The maximum Gasteiger partial charge on any atom is 0.335 e. The molecule has 0 atom stereocenters. The molecule has 0 fully saturated rings. The maximum atomic E-state index is 11.4. The number of hydrogen-bond donors (Lipinski definition) is 1. The van der Waals surface area contributed by atoms with E-state index in [4.69, 9.17) is 14.6 Å². The molecule has 0 unspecified atom stereocenters.